The van der Waals surface area contributed by atoms with Crippen molar-refractivity contribution in [1.82, 2.24) is 0 Å². The number of rotatable bonds is 3. The SMILES string of the molecule is N[B]C(c1cccc2ccccc12)c1cccc2ccccc12. The lowest BCUT2D eigenvalue weighted by Crippen LogP contribution is -2.19. The third-order valence-electron chi connectivity index (χ3n) is 4.51. The van der Waals surface area contributed by atoms with E-state index in [0.717, 1.165) is 0 Å². The van der Waals surface area contributed by atoms with Gasteiger partial charge in [0, 0.05) is 0 Å². The zero-order valence-electron chi connectivity index (χ0n) is 12.8. The van der Waals surface area contributed by atoms with Crippen LogP contribution in [-0.2, 0) is 0 Å². The van der Waals surface area contributed by atoms with E-state index in [9.17, 15) is 0 Å². The molecular weight excluding hydrogens is 277 g/mol. The number of hydrogen-bond acceptors (Lipinski definition) is 1. The molecule has 0 spiro atoms. The van der Waals surface area contributed by atoms with Crippen LogP contribution in [0.2, 0.25) is 0 Å². The van der Waals surface area contributed by atoms with Gasteiger partial charge in [0.05, 0.1) is 0 Å². The minimum atomic E-state index is 0.0761. The molecule has 4 rings (SSSR count). The first-order valence-corrected chi connectivity index (χ1v) is 7.89. The summed E-state index contributed by atoms with van der Waals surface area (Å²) in [5, 5.41) is 5.01. The van der Waals surface area contributed by atoms with E-state index in [0.29, 0.717) is 0 Å². The van der Waals surface area contributed by atoms with Crippen molar-refractivity contribution < 1.29 is 0 Å². The monoisotopic (exact) mass is 294 g/mol. The molecule has 0 saturated carbocycles. The van der Waals surface area contributed by atoms with Crippen LogP contribution in [-0.4, -0.2) is 7.41 Å². The second kappa shape index (κ2) is 5.90. The van der Waals surface area contributed by atoms with Gasteiger partial charge in [-0.1, -0.05) is 84.9 Å². The summed E-state index contributed by atoms with van der Waals surface area (Å²) in [5.74, 6) is 0.0761. The summed E-state index contributed by atoms with van der Waals surface area (Å²) in [6.07, 6.45) is 0. The highest BCUT2D eigenvalue weighted by Gasteiger charge is 2.18. The molecule has 0 bridgehead atoms. The van der Waals surface area contributed by atoms with Crippen LogP contribution in [0.5, 0.6) is 0 Å². The summed E-state index contributed by atoms with van der Waals surface area (Å²) >= 11 is 0. The minimum Gasteiger partial charge on any atom is -0.374 e. The van der Waals surface area contributed by atoms with Gasteiger partial charge in [-0.2, -0.15) is 0 Å². The number of fused-ring (bicyclic) bond motifs is 2. The normalized spacial score (nSPS) is 11.2. The lowest BCUT2D eigenvalue weighted by molar-refractivity contribution is 1.15. The fraction of sp³-hybridized carbons (Fsp3) is 0.0476. The highest BCUT2D eigenvalue weighted by molar-refractivity contribution is 6.36. The van der Waals surface area contributed by atoms with Crippen molar-refractivity contribution in [2.24, 2.45) is 5.64 Å². The fourth-order valence-corrected chi connectivity index (χ4v) is 3.42. The Morgan fingerprint density at radius 2 is 1.00 bits per heavy atom. The van der Waals surface area contributed by atoms with Gasteiger partial charge in [0.15, 0.2) is 0 Å². The van der Waals surface area contributed by atoms with Gasteiger partial charge in [-0.3, -0.25) is 0 Å². The van der Waals surface area contributed by atoms with Crippen LogP contribution in [0.4, 0.5) is 0 Å². The van der Waals surface area contributed by atoms with Crippen LogP contribution in [0, 0.1) is 0 Å². The lowest BCUT2D eigenvalue weighted by atomic mass is 9.66. The Labute approximate surface area is 137 Å². The first kappa shape index (κ1) is 14.0. The van der Waals surface area contributed by atoms with Crippen LogP contribution in [0.3, 0.4) is 0 Å². The third kappa shape index (κ3) is 2.41. The second-order valence-electron chi connectivity index (χ2n) is 5.81. The van der Waals surface area contributed by atoms with E-state index in [-0.39, 0.29) is 5.82 Å². The Bertz CT molecular complexity index is 887. The highest BCUT2D eigenvalue weighted by Crippen LogP contribution is 2.33. The van der Waals surface area contributed by atoms with Crippen molar-refractivity contribution in [3.8, 4) is 0 Å². The molecule has 2 heteroatoms. The van der Waals surface area contributed by atoms with Crippen molar-refractivity contribution in [3.63, 3.8) is 0 Å². The predicted octanol–water partition coefficient (Wildman–Crippen LogP) is 4.66. The van der Waals surface area contributed by atoms with Crippen LogP contribution >= 0.6 is 0 Å². The van der Waals surface area contributed by atoms with Gasteiger partial charge in [-0.15, -0.1) is 0 Å². The minimum absolute atomic E-state index is 0.0761. The standard InChI is InChI=1S/C21H17BN/c23-22-21(19-13-5-9-15-7-1-3-11-17(15)19)20-14-6-10-16-8-2-4-12-18(16)20/h1-14,21H,23H2. The van der Waals surface area contributed by atoms with Gasteiger partial charge in [-0.05, 0) is 38.5 Å². The number of nitrogens with two attached hydrogens (primary N) is 1. The Hall–Kier alpha value is -2.58. The molecule has 0 aliphatic heterocycles. The average Bonchev–Trinajstić information content (AvgIpc) is 2.63. The molecule has 23 heavy (non-hydrogen) atoms. The predicted molar refractivity (Wildman–Crippen MR) is 99.7 cm³/mol. The molecule has 0 aliphatic rings. The Morgan fingerprint density at radius 3 is 1.48 bits per heavy atom. The molecule has 0 atom stereocenters. The van der Waals surface area contributed by atoms with Crippen molar-refractivity contribution >= 4 is 29.0 Å². The molecule has 1 nitrogen and oxygen atoms in total. The van der Waals surface area contributed by atoms with E-state index in [1.54, 1.807) is 0 Å². The fourth-order valence-electron chi connectivity index (χ4n) is 3.42. The summed E-state index contributed by atoms with van der Waals surface area (Å²) in [6, 6.07) is 29.8. The Kier molecular flexibility index (Phi) is 3.60. The lowest BCUT2D eigenvalue weighted by Gasteiger charge is -2.19. The van der Waals surface area contributed by atoms with Gasteiger partial charge in [0.1, 0.15) is 0 Å². The first-order valence-electron chi connectivity index (χ1n) is 7.89. The van der Waals surface area contributed by atoms with Crippen molar-refractivity contribution in [1.29, 1.82) is 0 Å². The quantitative estimate of drug-likeness (QED) is 0.546. The maximum atomic E-state index is 6.09. The van der Waals surface area contributed by atoms with Crippen LogP contribution in [0.15, 0.2) is 84.9 Å². The Morgan fingerprint density at radius 1 is 0.565 bits per heavy atom. The summed E-state index contributed by atoms with van der Waals surface area (Å²) in [7, 11) is 1.81. The zero-order valence-corrected chi connectivity index (χ0v) is 12.8. The molecular formula is C21H17BN. The Balaban J connectivity index is 1.97. The van der Waals surface area contributed by atoms with Crippen LogP contribution in [0.1, 0.15) is 16.9 Å². The van der Waals surface area contributed by atoms with E-state index >= 15 is 0 Å². The largest absolute Gasteiger partial charge is 0.374 e. The molecule has 0 amide bonds. The molecule has 4 aromatic rings. The summed E-state index contributed by atoms with van der Waals surface area (Å²) < 4.78 is 0. The molecule has 0 saturated heterocycles. The molecule has 1 radical (unpaired) electrons. The number of hydrogen-bond donors (Lipinski definition) is 1. The van der Waals surface area contributed by atoms with Crippen molar-refractivity contribution in [2.45, 2.75) is 5.82 Å². The smallest absolute Gasteiger partial charge is 0.215 e. The molecule has 0 unspecified atom stereocenters. The maximum Gasteiger partial charge on any atom is 0.215 e. The summed E-state index contributed by atoms with van der Waals surface area (Å²) in [5.41, 5.74) is 8.60. The molecule has 0 fully saturated rings. The second-order valence-corrected chi connectivity index (χ2v) is 5.81. The zero-order chi connectivity index (χ0) is 15.6. The van der Waals surface area contributed by atoms with Crippen LogP contribution < -0.4 is 5.64 Å². The van der Waals surface area contributed by atoms with Gasteiger partial charge >= 0.3 is 0 Å². The van der Waals surface area contributed by atoms with E-state index in [1.807, 2.05) is 7.41 Å². The molecule has 0 aliphatic carbocycles. The van der Waals surface area contributed by atoms with E-state index < -0.39 is 0 Å². The van der Waals surface area contributed by atoms with E-state index in [1.165, 1.54) is 32.7 Å². The summed E-state index contributed by atoms with van der Waals surface area (Å²) in [6.45, 7) is 0. The molecule has 2 N–H and O–H groups in total. The molecule has 109 valence electrons. The van der Waals surface area contributed by atoms with Gasteiger partial charge in [0.25, 0.3) is 0 Å². The van der Waals surface area contributed by atoms with E-state index in [4.69, 9.17) is 5.64 Å². The molecule has 0 aromatic heterocycles. The number of benzene rings is 4. The highest BCUT2D eigenvalue weighted by atomic mass is 14.4. The van der Waals surface area contributed by atoms with Gasteiger partial charge in [-0.25, -0.2) is 0 Å². The van der Waals surface area contributed by atoms with Crippen molar-refractivity contribution in [2.75, 3.05) is 0 Å². The molecule has 0 heterocycles. The first-order chi connectivity index (χ1) is 11.4. The average molecular weight is 294 g/mol. The maximum absolute atomic E-state index is 6.09. The van der Waals surface area contributed by atoms with Gasteiger partial charge < -0.3 is 5.64 Å². The third-order valence-corrected chi connectivity index (χ3v) is 4.51. The summed E-state index contributed by atoms with van der Waals surface area (Å²) in [4.78, 5) is 0. The molecule has 4 aromatic carbocycles. The topological polar surface area (TPSA) is 26.0 Å². The van der Waals surface area contributed by atoms with Crippen LogP contribution in [0.25, 0.3) is 21.5 Å². The van der Waals surface area contributed by atoms with Crippen molar-refractivity contribution in [3.05, 3.63) is 96.1 Å². The van der Waals surface area contributed by atoms with E-state index in [2.05, 4.69) is 84.9 Å². The van der Waals surface area contributed by atoms with Gasteiger partial charge in [0.2, 0.25) is 7.41 Å².